The second kappa shape index (κ2) is 13.6. The third kappa shape index (κ3) is 6.54. The first-order chi connectivity index (χ1) is 21.9. The third-order valence-electron chi connectivity index (χ3n) is 8.84. The summed E-state index contributed by atoms with van der Waals surface area (Å²) < 4.78 is 26.0. The van der Waals surface area contributed by atoms with Crippen LogP contribution in [0.3, 0.4) is 0 Å². The predicted octanol–water partition coefficient (Wildman–Crippen LogP) is 4.37. The number of halogens is 2. The second-order valence-corrected chi connectivity index (χ2v) is 12.0. The number of hydrogen-bond donors (Lipinski definition) is 0. The summed E-state index contributed by atoms with van der Waals surface area (Å²) in [6.45, 7) is 18.7. The summed E-state index contributed by atoms with van der Waals surface area (Å²) in [6, 6.07) is 11.9. The van der Waals surface area contributed by atoms with Gasteiger partial charge in [0, 0.05) is 55.9 Å². The zero-order valence-electron chi connectivity index (χ0n) is 25.4. The standard InChI is InChI=1S/C33H37ClFN7O3/c1-4-39-15-16-44-25(19-39)21-45-33-37-28-20-40(29-10-6-8-23-7-5-9-27(34)30(23)29)12-11-26(28)31(38-33)41-13-14-42(32(43)22(2)35)24(18-41)17-36-3/h5-10,24-25H,2,4,11-21H2,1H3/t24-,25?/m0/s1. The molecule has 1 unspecified atom stereocenters. The first-order valence-corrected chi connectivity index (χ1v) is 15.8. The normalized spacial score (nSPS) is 20.5. The maximum atomic E-state index is 13.8. The van der Waals surface area contributed by atoms with Gasteiger partial charge in [0.2, 0.25) is 6.54 Å². The smallest absolute Gasteiger partial charge is 0.318 e. The van der Waals surface area contributed by atoms with Crippen molar-refractivity contribution in [3.63, 3.8) is 0 Å². The summed E-state index contributed by atoms with van der Waals surface area (Å²) in [5.41, 5.74) is 2.90. The molecule has 236 valence electrons. The topological polar surface area (TPSA) is 78.6 Å². The highest BCUT2D eigenvalue weighted by atomic mass is 35.5. The van der Waals surface area contributed by atoms with Crippen molar-refractivity contribution < 1.29 is 18.7 Å². The zero-order valence-corrected chi connectivity index (χ0v) is 26.2. The fourth-order valence-corrected chi connectivity index (χ4v) is 6.81. The summed E-state index contributed by atoms with van der Waals surface area (Å²) >= 11 is 6.69. The van der Waals surface area contributed by atoms with Crippen molar-refractivity contribution in [2.45, 2.75) is 32.0 Å². The number of likely N-dealkylation sites (N-methyl/N-ethyl adjacent to an activating group) is 1. The van der Waals surface area contributed by atoms with E-state index in [2.05, 4.69) is 51.2 Å². The molecule has 1 aromatic heterocycles. The van der Waals surface area contributed by atoms with Gasteiger partial charge in [-0.15, -0.1) is 0 Å². The fourth-order valence-electron chi connectivity index (χ4n) is 6.53. The van der Waals surface area contributed by atoms with Crippen molar-refractivity contribution in [3.8, 4) is 6.01 Å². The predicted molar refractivity (Wildman–Crippen MR) is 173 cm³/mol. The van der Waals surface area contributed by atoms with E-state index in [1.807, 2.05) is 18.2 Å². The maximum absolute atomic E-state index is 13.8. The molecule has 2 aromatic carbocycles. The first kappa shape index (κ1) is 31.0. The van der Waals surface area contributed by atoms with E-state index in [-0.39, 0.29) is 25.2 Å². The van der Waals surface area contributed by atoms with Crippen LogP contribution in [0.15, 0.2) is 48.8 Å². The molecule has 1 amide bonds. The lowest BCUT2D eigenvalue weighted by molar-refractivity contribution is -0.131. The number of fused-ring (bicyclic) bond motifs is 2. The number of amides is 1. The largest absolute Gasteiger partial charge is 0.461 e. The van der Waals surface area contributed by atoms with E-state index in [4.69, 9.17) is 37.6 Å². The Labute approximate surface area is 267 Å². The Hall–Kier alpha value is -3.98. The van der Waals surface area contributed by atoms with Crippen molar-refractivity contribution in [1.29, 1.82) is 0 Å². The summed E-state index contributed by atoms with van der Waals surface area (Å²) in [7, 11) is 0. The van der Waals surface area contributed by atoms with Crippen LogP contribution in [-0.4, -0.2) is 103 Å². The molecular formula is C33H37ClFN7O3. The molecule has 4 heterocycles. The number of carbonyl (C=O) groups is 1. The van der Waals surface area contributed by atoms with Gasteiger partial charge in [-0.1, -0.05) is 49.4 Å². The number of benzene rings is 2. The summed E-state index contributed by atoms with van der Waals surface area (Å²) in [5.74, 6) is -1.06. The van der Waals surface area contributed by atoms with Gasteiger partial charge < -0.3 is 29.0 Å². The van der Waals surface area contributed by atoms with Crippen LogP contribution < -0.4 is 14.5 Å². The Morgan fingerprint density at radius 3 is 2.76 bits per heavy atom. The molecule has 10 nitrogen and oxygen atoms in total. The Morgan fingerprint density at radius 2 is 1.98 bits per heavy atom. The molecule has 3 aromatic rings. The molecule has 2 saturated heterocycles. The highest BCUT2D eigenvalue weighted by molar-refractivity contribution is 6.36. The van der Waals surface area contributed by atoms with Crippen LogP contribution in [0.25, 0.3) is 15.6 Å². The molecule has 12 heteroatoms. The van der Waals surface area contributed by atoms with E-state index in [1.54, 1.807) is 0 Å². The SMILES string of the molecule is [C-]#[N+]C[C@H]1CN(c2nc(OCC3CN(CC)CCO3)nc3c2CCN(c2cccc4cccc(Cl)c24)C3)CCN1C(=O)C(=C)F. The average molecular weight is 634 g/mol. The number of carbonyl (C=O) groups excluding carboxylic acids is 1. The maximum Gasteiger partial charge on any atom is 0.318 e. The van der Waals surface area contributed by atoms with Crippen LogP contribution in [0.2, 0.25) is 5.02 Å². The van der Waals surface area contributed by atoms with Crippen LogP contribution in [0.1, 0.15) is 18.2 Å². The lowest BCUT2D eigenvalue weighted by Crippen LogP contribution is -2.57. The molecule has 2 fully saturated rings. The van der Waals surface area contributed by atoms with E-state index in [0.717, 1.165) is 59.7 Å². The van der Waals surface area contributed by atoms with E-state index in [0.29, 0.717) is 44.3 Å². The second-order valence-electron chi connectivity index (χ2n) is 11.6. The number of hydrogen-bond acceptors (Lipinski definition) is 8. The summed E-state index contributed by atoms with van der Waals surface area (Å²) in [6.07, 6.45) is 0.583. The number of nitrogens with zero attached hydrogens (tertiary/aromatic N) is 7. The van der Waals surface area contributed by atoms with Gasteiger partial charge in [-0.3, -0.25) is 9.69 Å². The van der Waals surface area contributed by atoms with Gasteiger partial charge in [-0.25, -0.2) is 11.0 Å². The van der Waals surface area contributed by atoms with Crippen LogP contribution in [0.4, 0.5) is 15.9 Å². The fraction of sp³-hybridized carbons (Fsp3) is 0.455. The van der Waals surface area contributed by atoms with E-state index in [9.17, 15) is 9.18 Å². The number of aromatic nitrogens is 2. The van der Waals surface area contributed by atoms with Gasteiger partial charge in [0.15, 0.2) is 5.83 Å². The Balaban J connectivity index is 1.32. The Kier molecular flexibility index (Phi) is 9.35. The molecular weight excluding hydrogens is 597 g/mol. The van der Waals surface area contributed by atoms with Crippen molar-refractivity contribution in [2.75, 3.05) is 75.4 Å². The minimum atomic E-state index is -1.02. The highest BCUT2D eigenvalue weighted by Crippen LogP contribution is 2.37. The van der Waals surface area contributed by atoms with Gasteiger partial charge in [-0.2, -0.15) is 9.97 Å². The lowest BCUT2D eigenvalue weighted by Gasteiger charge is -2.41. The van der Waals surface area contributed by atoms with Gasteiger partial charge >= 0.3 is 6.01 Å². The molecule has 2 atom stereocenters. The van der Waals surface area contributed by atoms with Crippen LogP contribution >= 0.6 is 11.6 Å². The van der Waals surface area contributed by atoms with Gasteiger partial charge in [-0.05, 0) is 30.5 Å². The quantitative estimate of drug-likeness (QED) is 0.268. The Morgan fingerprint density at radius 1 is 1.16 bits per heavy atom. The van der Waals surface area contributed by atoms with Gasteiger partial charge in [0.1, 0.15) is 24.6 Å². The van der Waals surface area contributed by atoms with Gasteiger partial charge in [0.05, 0.1) is 23.9 Å². The molecule has 6 rings (SSSR count). The minimum absolute atomic E-state index is 0.0503. The Bertz CT molecular complexity index is 1630. The molecule has 3 aliphatic heterocycles. The number of rotatable bonds is 8. The molecule has 3 aliphatic rings. The highest BCUT2D eigenvalue weighted by Gasteiger charge is 2.36. The van der Waals surface area contributed by atoms with Crippen LogP contribution in [-0.2, 0) is 22.5 Å². The monoisotopic (exact) mass is 633 g/mol. The number of ether oxygens (including phenoxy) is 2. The third-order valence-corrected chi connectivity index (χ3v) is 9.16. The molecule has 0 saturated carbocycles. The van der Waals surface area contributed by atoms with E-state index in [1.165, 1.54) is 4.90 Å². The summed E-state index contributed by atoms with van der Waals surface area (Å²) in [5, 5.41) is 2.77. The number of anilines is 2. The molecule has 0 radical (unpaired) electrons. The molecule has 0 bridgehead atoms. The van der Waals surface area contributed by atoms with Crippen molar-refractivity contribution in [3.05, 3.63) is 76.5 Å². The van der Waals surface area contributed by atoms with Crippen LogP contribution in [0.5, 0.6) is 6.01 Å². The van der Waals surface area contributed by atoms with Crippen LogP contribution in [0, 0.1) is 6.57 Å². The molecule has 0 spiro atoms. The summed E-state index contributed by atoms with van der Waals surface area (Å²) in [4.78, 5) is 34.0. The number of morpholine rings is 1. The zero-order chi connectivity index (χ0) is 31.5. The average Bonchev–Trinajstić information content (AvgIpc) is 3.06. The number of piperazine rings is 1. The van der Waals surface area contributed by atoms with Crippen molar-refractivity contribution >= 4 is 39.8 Å². The first-order valence-electron chi connectivity index (χ1n) is 15.4. The van der Waals surface area contributed by atoms with E-state index >= 15 is 0 Å². The molecule has 0 N–H and O–H groups in total. The van der Waals surface area contributed by atoms with E-state index < -0.39 is 17.8 Å². The minimum Gasteiger partial charge on any atom is -0.461 e. The molecule has 0 aliphatic carbocycles. The molecule has 45 heavy (non-hydrogen) atoms. The lowest BCUT2D eigenvalue weighted by atomic mass is 10.0. The van der Waals surface area contributed by atoms with Crippen molar-refractivity contribution in [2.24, 2.45) is 0 Å². The van der Waals surface area contributed by atoms with Crippen molar-refractivity contribution in [1.82, 2.24) is 19.8 Å². The van der Waals surface area contributed by atoms with Gasteiger partial charge in [0.25, 0.3) is 5.91 Å².